The smallest absolute Gasteiger partial charge is 0.286 e. The first-order valence-corrected chi connectivity index (χ1v) is 8.83. The third kappa shape index (κ3) is 4.05. The van der Waals surface area contributed by atoms with Crippen LogP contribution < -0.4 is 9.54 Å². The average molecular weight is 391 g/mol. The first-order valence-electron chi connectivity index (χ1n) is 7.25. The molecule has 1 aromatic heterocycles. The molecule has 25 heavy (non-hydrogen) atoms. The quantitative estimate of drug-likeness (QED) is 0.628. The predicted molar refractivity (Wildman–Crippen MR) is 101 cm³/mol. The number of halogens is 2. The van der Waals surface area contributed by atoms with Crippen LogP contribution in [0.3, 0.4) is 0 Å². The van der Waals surface area contributed by atoms with Gasteiger partial charge in [-0.3, -0.25) is 4.79 Å². The van der Waals surface area contributed by atoms with E-state index >= 15 is 0 Å². The summed E-state index contributed by atoms with van der Waals surface area (Å²) in [6.07, 6.45) is 5.44. The van der Waals surface area contributed by atoms with Crippen molar-refractivity contribution in [2.45, 2.75) is 6.54 Å². The van der Waals surface area contributed by atoms with Crippen LogP contribution >= 0.6 is 34.5 Å². The Hall–Kier alpha value is -2.26. The summed E-state index contributed by atoms with van der Waals surface area (Å²) in [4.78, 5) is 16.8. The molecule has 1 amide bonds. The number of carbonyl (C=O) groups is 1. The number of benzene rings is 2. The number of thiazole rings is 1. The van der Waals surface area contributed by atoms with Gasteiger partial charge in [0.25, 0.3) is 5.91 Å². The average Bonchev–Trinajstić information content (AvgIpc) is 2.93. The van der Waals surface area contributed by atoms with Crippen LogP contribution in [0, 0.1) is 12.3 Å². The highest BCUT2D eigenvalue weighted by atomic mass is 35.5. The largest absolute Gasteiger partial charge is 0.484 e. The molecule has 0 saturated heterocycles. The van der Waals surface area contributed by atoms with Gasteiger partial charge in [-0.15, -0.1) is 6.42 Å². The second-order valence-electron chi connectivity index (χ2n) is 5.01. The lowest BCUT2D eigenvalue weighted by molar-refractivity contribution is -0.120. The molecular weight excluding hydrogens is 379 g/mol. The molecule has 4 nitrogen and oxygen atoms in total. The number of carbonyl (C=O) groups excluding carboxylic acids is 1. The molecule has 0 fully saturated rings. The Kier molecular flexibility index (Phi) is 5.44. The van der Waals surface area contributed by atoms with Crippen molar-refractivity contribution in [3.8, 4) is 18.1 Å². The number of aromatic nitrogens is 1. The molecule has 0 spiro atoms. The van der Waals surface area contributed by atoms with Crippen LogP contribution in [0.25, 0.3) is 10.2 Å². The normalized spacial score (nSPS) is 11.5. The molecule has 2 aromatic carbocycles. The van der Waals surface area contributed by atoms with E-state index in [1.807, 2.05) is 12.1 Å². The highest BCUT2D eigenvalue weighted by Gasteiger charge is 2.10. The molecule has 0 aliphatic rings. The molecule has 0 N–H and O–H groups in total. The number of nitrogens with zero attached hydrogens (tertiary/aromatic N) is 2. The maximum Gasteiger partial charge on any atom is 0.286 e. The van der Waals surface area contributed by atoms with Crippen LogP contribution in [0.4, 0.5) is 0 Å². The molecule has 0 atom stereocenters. The van der Waals surface area contributed by atoms with Crippen LogP contribution in [0.2, 0.25) is 10.0 Å². The van der Waals surface area contributed by atoms with Crippen LogP contribution in [0.15, 0.2) is 47.5 Å². The summed E-state index contributed by atoms with van der Waals surface area (Å²) < 4.78 is 8.08. The monoisotopic (exact) mass is 390 g/mol. The van der Waals surface area contributed by atoms with E-state index < -0.39 is 5.91 Å². The van der Waals surface area contributed by atoms with Crippen molar-refractivity contribution in [1.82, 2.24) is 4.57 Å². The Balaban J connectivity index is 1.88. The Morgan fingerprint density at radius 2 is 2.00 bits per heavy atom. The fourth-order valence-corrected chi connectivity index (χ4v) is 3.76. The first-order chi connectivity index (χ1) is 12.1. The molecule has 0 aliphatic heterocycles. The van der Waals surface area contributed by atoms with Crippen molar-refractivity contribution in [1.29, 1.82) is 0 Å². The number of amides is 1. The van der Waals surface area contributed by atoms with Gasteiger partial charge in [0, 0.05) is 5.02 Å². The van der Waals surface area contributed by atoms with Gasteiger partial charge in [-0.1, -0.05) is 46.5 Å². The number of terminal acetylenes is 1. The van der Waals surface area contributed by atoms with Gasteiger partial charge < -0.3 is 9.30 Å². The van der Waals surface area contributed by atoms with Gasteiger partial charge in [-0.05, 0) is 36.4 Å². The van der Waals surface area contributed by atoms with Gasteiger partial charge >= 0.3 is 0 Å². The number of hydrogen-bond donors (Lipinski definition) is 0. The predicted octanol–water partition coefficient (Wildman–Crippen LogP) is 4.15. The van der Waals surface area contributed by atoms with E-state index in [0.717, 1.165) is 10.2 Å². The fraction of sp³-hybridized carbons (Fsp3) is 0.111. The second-order valence-corrected chi connectivity index (χ2v) is 6.86. The van der Waals surface area contributed by atoms with Crippen molar-refractivity contribution >= 4 is 50.7 Å². The summed E-state index contributed by atoms with van der Waals surface area (Å²) in [5, 5.41) is 1.16. The Labute approximate surface area is 158 Å². The molecule has 0 bridgehead atoms. The van der Waals surface area contributed by atoms with E-state index in [4.69, 9.17) is 34.4 Å². The summed E-state index contributed by atoms with van der Waals surface area (Å²) in [6.45, 7) is 0.0908. The van der Waals surface area contributed by atoms with Crippen LogP contribution in [-0.4, -0.2) is 17.1 Å². The van der Waals surface area contributed by atoms with E-state index in [-0.39, 0.29) is 13.2 Å². The molecule has 0 radical (unpaired) electrons. The number of para-hydroxylation sites is 1. The van der Waals surface area contributed by atoms with E-state index in [1.54, 1.807) is 34.9 Å². The number of fused-ring (bicyclic) bond motifs is 1. The first kappa shape index (κ1) is 17.6. The van der Waals surface area contributed by atoms with Gasteiger partial charge in [0.15, 0.2) is 11.4 Å². The summed E-state index contributed by atoms with van der Waals surface area (Å²) in [5.41, 5.74) is 0.775. The van der Waals surface area contributed by atoms with Gasteiger partial charge in [-0.25, -0.2) is 0 Å². The van der Waals surface area contributed by atoms with Crippen molar-refractivity contribution in [3.63, 3.8) is 0 Å². The molecule has 3 rings (SSSR count). The SMILES string of the molecule is C#CCn1c(=NC(=O)COc2ccc(Cl)cc2)sc2cccc(Cl)c21. The number of rotatable bonds is 4. The van der Waals surface area contributed by atoms with E-state index in [0.29, 0.717) is 20.6 Å². The van der Waals surface area contributed by atoms with Gasteiger partial charge in [0.1, 0.15) is 5.75 Å². The molecule has 126 valence electrons. The molecule has 7 heteroatoms. The number of hydrogen-bond acceptors (Lipinski definition) is 3. The Bertz CT molecular complexity index is 1030. The van der Waals surface area contributed by atoms with Crippen LogP contribution in [0.5, 0.6) is 5.75 Å². The van der Waals surface area contributed by atoms with E-state index in [2.05, 4.69) is 10.9 Å². The zero-order valence-electron chi connectivity index (χ0n) is 12.9. The minimum Gasteiger partial charge on any atom is -0.484 e. The van der Waals surface area contributed by atoms with Gasteiger partial charge in [0.05, 0.1) is 21.8 Å². The molecule has 0 saturated carbocycles. The van der Waals surface area contributed by atoms with Crippen molar-refractivity contribution < 1.29 is 9.53 Å². The summed E-state index contributed by atoms with van der Waals surface area (Å²) >= 11 is 13.4. The maximum atomic E-state index is 12.2. The second kappa shape index (κ2) is 7.75. The van der Waals surface area contributed by atoms with E-state index in [9.17, 15) is 4.79 Å². The zero-order chi connectivity index (χ0) is 17.8. The molecule has 3 aromatic rings. The highest BCUT2D eigenvalue weighted by Crippen LogP contribution is 2.25. The minimum absolute atomic E-state index is 0.181. The molecule has 0 aliphatic carbocycles. The maximum absolute atomic E-state index is 12.2. The molecule has 1 heterocycles. The third-order valence-corrected chi connectivity index (χ3v) is 4.90. The lowest BCUT2D eigenvalue weighted by atomic mass is 10.3. The fourth-order valence-electron chi connectivity index (χ4n) is 2.22. The minimum atomic E-state index is -0.414. The van der Waals surface area contributed by atoms with Crippen LogP contribution in [0.1, 0.15) is 0 Å². The number of ether oxygens (including phenoxy) is 1. The standard InChI is InChI=1S/C18H12Cl2N2O2S/c1-2-10-22-17-14(20)4-3-5-15(17)25-18(22)21-16(23)11-24-13-8-6-12(19)7-9-13/h1,3-9H,10-11H2. The third-order valence-electron chi connectivity index (χ3n) is 3.30. The summed E-state index contributed by atoms with van der Waals surface area (Å²) in [7, 11) is 0. The molecule has 0 unspecified atom stereocenters. The zero-order valence-corrected chi connectivity index (χ0v) is 15.2. The lowest BCUT2D eigenvalue weighted by Crippen LogP contribution is -2.19. The van der Waals surface area contributed by atoms with Crippen molar-refractivity contribution in [2.75, 3.05) is 6.61 Å². The van der Waals surface area contributed by atoms with Crippen molar-refractivity contribution in [3.05, 3.63) is 57.3 Å². The summed E-state index contributed by atoms with van der Waals surface area (Å²) in [5.74, 6) is 2.69. The van der Waals surface area contributed by atoms with Crippen molar-refractivity contribution in [2.24, 2.45) is 4.99 Å². The summed E-state index contributed by atoms with van der Waals surface area (Å²) in [6, 6.07) is 12.3. The Morgan fingerprint density at radius 3 is 2.72 bits per heavy atom. The van der Waals surface area contributed by atoms with Gasteiger partial charge in [-0.2, -0.15) is 4.99 Å². The highest BCUT2D eigenvalue weighted by molar-refractivity contribution is 7.16. The van der Waals surface area contributed by atoms with E-state index in [1.165, 1.54) is 11.3 Å². The molecular formula is C18H12Cl2N2O2S. The van der Waals surface area contributed by atoms with Crippen LogP contribution in [-0.2, 0) is 11.3 Å². The lowest BCUT2D eigenvalue weighted by Gasteiger charge is -2.03. The Morgan fingerprint density at radius 1 is 1.24 bits per heavy atom. The van der Waals surface area contributed by atoms with Gasteiger partial charge in [0.2, 0.25) is 0 Å². The topological polar surface area (TPSA) is 43.6 Å².